The van der Waals surface area contributed by atoms with Crippen molar-refractivity contribution in [1.82, 2.24) is 19.7 Å². The molecule has 0 N–H and O–H groups in total. The summed E-state index contributed by atoms with van der Waals surface area (Å²) < 4.78 is 25.1. The Bertz CT molecular complexity index is 978. The molecule has 0 saturated carbocycles. The van der Waals surface area contributed by atoms with Crippen molar-refractivity contribution in [3.8, 4) is 0 Å². The molecule has 0 bridgehead atoms. The highest BCUT2D eigenvalue weighted by atomic mass is 32.2. The van der Waals surface area contributed by atoms with Crippen LogP contribution in [0.5, 0.6) is 0 Å². The van der Waals surface area contributed by atoms with Crippen LogP contribution in [0.15, 0.2) is 0 Å². The molecule has 8 heteroatoms. The molecule has 1 fully saturated rings. The van der Waals surface area contributed by atoms with Crippen molar-refractivity contribution >= 4 is 26.8 Å². The van der Waals surface area contributed by atoms with Crippen LogP contribution in [-0.2, 0) is 28.1 Å². The predicted molar refractivity (Wildman–Crippen MR) is 101 cm³/mol. The van der Waals surface area contributed by atoms with E-state index in [1.54, 1.807) is 16.6 Å². The van der Waals surface area contributed by atoms with Crippen LogP contribution in [0.4, 0.5) is 0 Å². The van der Waals surface area contributed by atoms with Crippen molar-refractivity contribution < 1.29 is 13.2 Å². The first-order chi connectivity index (χ1) is 12.1. The molecule has 2 aromatic heterocycles. The van der Waals surface area contributed by atoms with Crippen LogP contribution in [0.25, 0.3) is 11.0 Å². The van der Waals surface area contributed by atoms with Crippen LogP contribution in [0, 0.1) is 20.8 Å². The summed E-state index contributed by atoms with van der Waals surface area (Å²) in [6.45, 7) is 5.98. The number of nitrogens with zero attached hydrogens (tertiary/aromatic N) is 4. The molecule has 1 unspecified atom stereocenters. The van der Waals surface area contributed by atoms with Crippen molar-refractivity contribution in [3.63, 3.8) is 0 Å². The van der Waals surface area contributed by atoms with Crippen LogP contribution in [-0.4, -0.2) is 58.6 Å². The second kappa shape index (κ2) is 6.64. The van der Waals surface area contributed by atoms with Crippen molar-refractivity contribution in [1.29, 1.82) is 0 Å². The van der Waals surface area contributed by atoms with E-state index in [1.807, 2.05) is 20.9 Å². The molecule has 0 aromatic carbocycles. The standard InChI is InChI=1S/C18H26N4O3S/c1-11-15(12(2)19-18-17(11)13(3)20-22(18)5)6-7-16(23)21(4)14-8-9-26(24,25)10-14/h14H,6-10H2,1-5H3. The third-order valence-corrected chi connectivity index (χ3v) is 7.22. The molecular weight excluding hydrogens is 352 g/mol. The molecule has 26 heavy (non-hydrogen) atoms. The zero-order valence-corrected chi connectivity index (χ0v) is 16.9. The van der Waals surface area contributed by atoms with Crippen LogP contribution >= 0.6 is 0 Å². The van der Waals surface area contributed by atoms with E-state index in [0.29, 0.717) is 19.3 Å². The van der Waals surface area contributed by atoms with Gasteiger partial charge in [-0.3, -0.25) is 9.48 Å². The highest BCUT2D eigenvalue weighted by Gasteiger charge is 2.32. The minimum absolute atomic E-state index is 0.0195. The molecule has 3 rings (SSSR count). The molecule has 3 heterocycles. The lowest BCUT2D eigenvalue weighted by Gasteiger charge is -2.23. The summed E-state index contributed by atoms with van der Waals surface area (Å²) in [5, 5.41) is 5.50. The Morgan fingerprint density at radius 1 is 1.27 bits per heavy atom. The first-order valence-electron chi connectivity index (χ1n) is 8.86. The zero-order chi connectivity index (χ0) is 19.2. The summed E-state index contributed by atoms with van der Waals surface area (Å²) in [6, 6.07) is -0.198. The van der Waals surface area contributed by atoms with Gasteiger partial charge in [0, 0.05) is 37.6 Å². The summed E-state index contributed by atoms with van der Waals surface area (Å²) in [5.74, 6) is 0.235. The fourth-order valence-corrected chi connectivity index (χ4v) is 5.70. The maximum Gasteiger partial charge on any atom is 0.222 e. The average Bonchev–Trinajstić information content (AvgIpc) is 3.05. The van der Waals surface area contributed by atoms with Crippen LogP contribution in [0.2, 0.25) is 0 Å². The van der Waals surface area contributed by atoms with Gasteiger partial charge < -0.3 is 4.90 Å². The molecular formula is C18H26N4O3S. The van der Waals surface area contributed by atoms with Crippen LogP contribution in [0.3, 0.4) is 0 Å². The van der Waals surface area contributed by atoms with Gasteiger partial charge >= 0.3 is 0 Å². The number of amides is 1. The highest BCUT2D eigenvalue weighted by molar-refractivity contribution is 7.91. The van der Waals surface area contributed by atoms with Crippen LogP contribution < -0.4 is 0 Å². The molecule has 1 aliphatic rings. The molecule has 0 aliphatic carbocycles. The Morgan fingerprint density at radius 3 is 2.58 bits per heavy atom. The third-order valence-electron chi connectivity index (χ3n) is 5.47. The maximum atomic E-state index is 12.6. The summed E-state index contributed by atoms with van der Waals surface area (Å²) in [5.41, 5.74) is 4.91. The van der Waals surface area contributed by atoms with Crippen molar-refractivity contribution in [3.05, 3.63) is 22.5 Å². The monoisotopic (exact) mass is 378 g/mol. The number of sulfone groups is 1. The average molecular weight is 378 g/mol. The number of aryl methyl sites for hydroxylation is 4. The van der Waals surface area contributed by atoms with Gasteiger partial charge in [-0.15, -0.1) is 0 Å². The Hall–Kier alpha value is -1.96. The highest BCUT2D eigenvalue weighted by Crippen LogP contribution is 2.26. The van der Waals surface area contributed by atoms with Gasteiger partial charge in [-0.05, 0) is 44.7 Å². The fourth-order valence-electron chi connectivity index (χ4n) is 3.92. The second-order valence-electron chi connectivity index (χ2n) is 7.27. The SMILES string of the molecule is Cc1nc2c(c(C)nn2C)c(C)c1CCC(=O)N(C)C1CCS(=O)(=O)C1. The Morgan fingerprint density at radius 2 is 1.96 bits per heavy atom. The lowest BCUT2D eigenvalue weighted by Crippen LogP contribution is -2.38. The number of rotatable bonds is 4. The van der Waals surface area contributed by atoms with Gasteiger partial charge in [0.1, 0.15) is 0 Å². The molecule has 7 nitrogen and oxygen atoms in total. The van der Waals surface area contributed by atoms with E-state index in [9.17, 15) is 13.2 Å². The first-order valence-corrected chi connectivity index (χ1v) is 10.7. The van der Waals surface area contributed by atoms with Gasteiger partial charge in [-0.2, -0.15) is 5.10 Å². The smallest absolute Gasteiger partial charge is 0.222 e. The minimum Gasteiger partial charge on any atom is -0.342 e. The normalized spacial score (nSPS) is 19.2. The van der Waals surface area contributed by atoms with Gasteiger partial charge in [0.2, 0.25) is 5.91 Å². The molecule has 1 atom stereocenters. The summed E-state index contributed by atoms with van der Waals surface area (Å²) in [6.07, 6.45) is 1.48. The van der Waals surface area contributed by atoms with E-state index in [2.05, 4.69) is 17.0 Å². The Balaban J connectivity index is 1.77. The van der Waals surface area contributed by atoms with E-state index in [1.165, 1.54) is 0 Å². The topological polar surface area (TPSA) is 85.2 Å². The predicted octanol–water partition coefficient (Wildman–Crippen LogP) is 1.47. The van der Waals surface area contributed by atoms with E-state index in [0.717, 1.165) is 33.5 Å². The number of pyridine rings is 1. The van der Waals surface area contributed by atoms with Gasteiger partial charge in [0.25, 0.3) is 0 Å². The van der Waals surface area contributed by atoms with E-state index < -0.39 is 9.84 Å². The van der Waals surface area contributed by atoms with Gasteiger partial charge in [0.05, 0.1) is 17.2 Å². The van der Waals surface area contributed by atoms with E-state index >= 15 is 0 Å². The number of fused-ring (bicyclic) bond motifs is 1. The third kappa shape index (κ3) is 3.34. The quantitative estimate of drug-likeness (QED) is 0.804. The van der Waals surface area contributed by atoms with E-state index in [-0.39, 0.29) is 23.5 Å². The van der Waals surface area contributed by atoms with Gasteiger partial charge in [-0.25, -0.2) is 13.4 Å². The Labute approximate surface area is 154 Å². The molecule has 1 saturated heterocycles. The molecule has 142 valence electrons. The largest absolute Gasteiger partial charge is 0.342 e. The van der Waals surface area contributed by atoms with Crippen molar-refractivity contribution in [2.75, 3.05) is 18.6 Å². The molecule has 0 radical (unpaired) electrons. The summed E-state index contributed by atoms with van der Waals surface area (Å²) >= 11 is 0. The van der Waals surface area contributed by atoms with Crippen molar-refractivity contribution in [2.24, 2.45) is 7.05 Å². The molecule has 1 aliphatic heterocycles. The maximum absolute atomic E-state index is 12.6. The zero-order valence-electron chi connectivity index (χ0n) is 16.0. The van der Waals surface area contributed by atoms with Crippen LogP contribution in [0.1, 0.15) is 35.4 Å². The number of carbonyl (C=O) groups excluding carboxylic acids is 1. The van der Waals surface area contributed by atoms with Crippen molar-refractivity contribution in [2.45, 2.75) is 46.1 Å². The van der Waals surface area contributed by atoms with Gasteiger partial charge in [-0.1, -0.05) is 0 Å². The number of hydrogen-bond acceptors (Lipinski definition) is 5. The first kappa shape index (κ1) is 18.8. The lowest BCUT2D eigenvalue weighted by molar-refractivity contribution is -0.131. The number of aromatic nitrogens is 3. The van der Waals surface area contributed by atoms with Gasteiger partial charge in [0.15, 0.2) is 15.5 Å². The number of carbonyl (C=O) groups is 1. The molecule has 0 spiro atoms. The minimum atomic E-state index is -2.99. The molecule has 2 aromatic rings. The lowest BCUT2D eigenvalue weighted by atomic mass is 9.99. The fraction of sp³-hybridized carbons (Fsp3) is 0.611. The Kier molecular flexibility index (Phi) is 4.81. The van der Waals surface area contributed by atoms with E-state index in [4.69, 9.17) is 0 Å². The molecule has 1 amide bonds. The summed E-state index contributed by atoms with van der Waals surface area (Å²) in [4.78, 5) is 18.8. The summed E-state index contributed by atoms with van der Waals surface area (Å²) in [7, 11) is 0.598. The number of hydrogen-bond donors (Lipinski definition) is 0. The second-order valence-corrected chi connectivity index (χ2v) is 9.50.